The topological polar surface area (TPSA) is 56.7 Å². The van der Waals surface area contributed by atoms with Gasteiger partial charge in [0.2, 0.25) is 5.91 Å². The van der Waals surface area contributed by atoms with Crippen LogP contribution in [0, 0.1) is 17.7 Å². The zero-order valence-corrected chi connectivity index (χ0v) is 18.1. The van der Waals surface area contributed by atoms with E-state index in [-0.39, 0.29) is 42.1 Å². The minimum absolute atomic E-state index is 0. The highest BCUT2D eigenvalue weighted by atomic mass is 127. The van der Waals surface area contributed by atoms with E-state index in [4.69, 9.17) is 0 Å². The van der Waals surface area contributed by atoms with Crippen molar-refractivity contribution in [2.75, 3.05) is 33.2 Å². The molecule has 2 N–H and O–H groups in total. The number of hydrogen-bond donors (Lipinski definition) is 2. The maximum atomic E-state index is 13.1. The molecule has 1 heterocycles. The number of likely N-dealkylation sites (tertiary alicyclic amines) is 1. The van der Waals surface area contributed by atoms with Gasteiger partial charge in [0.15, 0.2) is 5.96 Å². The van der Waals surface area contributed by atoms with Crippen LogP contribution in [-0.4, -0.2) is 50.0 Å². The van der Waals surface area contributed by atoms with Gasteiger partial charge in [0.1, 0.15) is 5.82 Å². The maximum Gasteiger partial charge on any atom is 0.224 e. The molecule has 7 heteroatoms. The molecule has 1 saturated heterocycles. The lowest BCUT2D eigenvalue weighted by Gasteiger charge is -2.37. The number of nitrogens with one attached hydrogen (secondary N) is 2. The van der Waals surface area contributed by atoms with Gasteiger partial charge < -0.3 is 15.5 Å². The first-order valence-corrected chi connectivity index (χ1v) is 8.94. The van der Waals surface area contributed by atoms with Crippen molar-refractivity contribution in [1.29, 1.82) is 0 Å². The number of carbonyl (C=O) groups excluding carboxylic acids is 1. The highest BCUT2D eigenvalue weighted by Crippen LogP contribution is 2.20. The van der Waals surface area contributed by atoms with Crippen LogP contribution in [0.25, 0.3) is 0 Å². The maximum absolute atomic E-state index is 13.1. The van der Waals surface area contributed by atoms with Gasteiger partial charge in [-0.15, -0.1) is 24.0 Å². The molecule has 5 nitrogen and oxygen atoms in total. The number of hydrogen-bond acceptors (Lipinski definition) is 2. The molecular weight excluding hydrogens is 446 g/mol. The van der Waals surface area contributed by atoms with E-state index < -0.39 is 0 Å². The molecule has 0 bridgehead atoms. The number of carbonyl (C=O) groups is 1. The predicted octanol–water partition coefficient (Wildman–Crippen LogP) is 2.66. The normalized spacial score (nSPS) is 20.3. The summed E-state index contributed by atoms with van der Waals surface area (Å²) < 4.78 is 13.1. The Morgan fingerprint density at radius 3 is 2.50 bits per heavy atom. The number of benzene rings is 1. The second kappa shape index (κ2) is 11.4. The van der Waals surface area contributed by atoms with Crippen molar-refractivity contribution in [3.63, 3.8) is 0 Å². The third kappa shape index (κ3) is 7.47. The highest BCUT2D eigenvalue weighted by Gasteiger charge is 2.23. The quantitative estimate of drug-likeness (QED) is 0.298. The molecule has 0 radical (unpaired) electrons. The van der Waals surface area contributed by atoms with Crippen LogP contribution in [0.1, 0.15) is 25.8 Å². The lowest BCUT2D eigenvalue weighted by Crippen LogP contribution is -2.49. The number of guanidine groups is 1. The number of rotatable bonds is 5. The van der Waals surface area contributed by atoms with Crippen LogP contribution in [-0.2, 0) is 11.2 Å². The number of piperidine rings is 1. The molecule has 0 aliphatic carbocycles. The van der Waals surface area contributed by atoms with Gasteiger partial charge in [0.05, 0.1) is 6.42 Å². The van der Waals surface area contributed by atoms with Crippen LogP contribution in [0.2, 0.25) is 0 Å². The summed E-state index contributed by atoms with van der Waals surface area (Å²) in [5.74, 6) is 1.78. The van der Waals surface area contributed by atoms with Crippen molar-refractivity contribution >= 4 is 35.8 Å². The van der Waals surface area contributed by atoms with Gasteiger partial charge in [-0.3, -0.25) is 9.79 Å². The molecule has 1 fully saturated rings. The molecule has 1 aliphatic heterocycles. The van der Waals surface area contributed by atoms with Crippen molar-refractivity contribution in [3.05, 3.63) is 35.6 Å². The van der Waals surface area contributed by atoms with Gasteiger partial charge >= 0.3 is 0 Å². The fourth-order valence-corrected chi connectivity index (χ4v) is 3.44. The van der Waals surface area contributed by atoms with Crippen LogP contribution in [0.5, 0.6) is 0 Å². The summed E-state index contributed by atoms with van der Waals surface area (Å²) in [5.41, 5.74) is 0.678. The van der Waals surface area contributed by atoms with E-state index >= 15 is 0 Å². The molecule has 2 atom stereocenters. The van der Waals surface area contributed by atoms with Crippen molar-refractivity contribution in [3.8, 4) is 0 Å². The van der Waals surface area contributed by atoms with Crippen molar-refractivity contribution < 1.29 is 9.18 Å². The second-order valence-corrected chi connectivity index (χ2v) is 6.98. The molecule has 2 unspecified atom stereocenters. The SMILES string of the molecule is CN=C(NCCNC(=O)Cc1cccc(F)c1)N1CC(C)CC(C)C1.I. The Labute approximate surface area is 172 Å². The molecule has 26 heavy (non-hydrogen) atoms. The van der Waals surface area contributed by atoms with E-state index in [9.17, 15) is 9.18 Å². The molecule has 2 rings (SSSR count). The smallest absolute Gasteiger partial charge is 0.224 e. The summed E-state index contributed by atoms with van der Waals surface area (Å²) in [5, 5.41) is 6.16. The zero-order chi connectivity index (χ0) is 18.2. The first-order chi connectivity index (χ1) is 12.0. The molecule has 0 spiro atoms. The standard InChI is InChI=1S/C19H29FN4O.HI/c1-14-9-15(2)13-24(12-14)19(21-3)23-8-7-22-18(25)11-16-5-4-6-17(20)10-16;/h4-6,10,14-15H,7-9,11-13H2,1-3H3,(H,21,23)(H,22,25);1H. The van der Waals surface area contributed by atoms with E-state index in [1.165, 1.54) is 18.6 Å². The summed E-state index contributed by atoms with van der Waals surface area (Å²) in [6.45, 7) is 7.67. The minimum Gasteiger partial charge on any atom is -0.354 e. The van der Waals surface area contributed by atoms with Crippen LogP contribution < -0.4 is 10.6 Å². The Morgan fingerprint density at radius 1 is 1.23 bits per heavy atom. The summed E-state index contributed by atoms with van der Waals surface area (Å²) >= 11 is 0. The lowest BCUT2D eigenvalue weighted by atomic mass is 9.92. The second-order valence-electron chi connectivity index (χ2n) is 6.98. The first-order valence-electron chi connectivity index (χ1n) is 8.94. The Hall–Kier alpha value is -1.38. The van der Waals surface area contributed by atoms with Gasteiger partial charge in [-0.1, -0.05) is 26.0 Å². The van der Waals surface area contributed by atoms with E-state index in [0.29, 0.717) is 30.5 Å². The van der Waals surface area contributed by atoms with E-state index in [0.717, 1.165) is 19.0 Å². The summed E-state index contributed by atoms with van der Waals surface area (Å²) in [6.07, 6.45) is 1.44. The average molecular weight is 476 g/mol. The Bertz CT molecular complexity index is 601. The molecule has 1 aromatic carbocycles. The molecule has 0 saturated carbocycles. The van der Waals surface area contributed by atoms with Gasteiger partial charge in [-0.2, -0.15) is 0 Å². The molecular formula is C19H30FIN4O. The summed E-state index contributed by atoms with van der Waals surface area (Å²) in [4.78, 5) is 18.6. The van der Waals surface area contributed by atoms with Crippen molar-refractivity contribution in [2.45, 2.75) is 26.7 Å². The van der Waals surface area contributed by atoms with Gasteiger partial charge in [-0.25, -0.2) is 4.39 Å². The summed E-state index contributed by atoms with van der Waals surface area (Å²) in [7, 11) is 1.79. The van der Waals surface area contributed by atoms with Crippen LogP contribution >= 0.6 is 24.0 Å². The third-order valence-electron chi connectivity index (χ3n) is 4.36. The molecule has 146 valence electrons. The monoisotopic (exact) mass is 476 g/mol. The fraction of sp³-hybridized carbons (Fsp3) is 0.579. The van der Waals surface area contributed by atoms with Crippen molar-refractivity contribution in [1.82, 2.24) is 15.5 Å². The van der Waals surface area contributed by atoms with Crippen LogP contribution in [0.15, 0.2) is 29.3 Å². The summed E-state index contributed by atoms with van der Waals surface area (Å²) in [6, 6.07) is 6.13. The third-order valence-corrected chi connectivity index (χ3v) is 4.36. The number of nitrogens with zero attached hydrogens (tertiary/aromatic N) is 2. The van der Waals surface area contributed by atoms with Gasteiger partial charge in [-0.05, 0) is 36.0 Å². The van der Waals surface area contributed by atoms with Crippen LogP contribution in [0.3, 0.4) is 0 Å². The zero-order valence-electron chi connectivity index (χ0n) is 15.8. The van der Waals surface area contributed by atoms with Crippen molar-refractivity contribution in [2.24, 2.45) is 16.8 Å². The van der Waals surface area contributed by atoms with Gasteiger partial charge in [0.25, 0.3) is 0 Å². The molecule has 1 amide bonds. The largest absolute Gasteiger partial charge is 0.354 e. The van der Waals surface area contributed by atoms with E-state index in [1.807, 2.05) is 0 Å². The molecule has 0 aromatic heterocycles. The fourth-order valence-electron chi connectivity index (χ4n) is 3.44. The predicted molar refractivity (Wildman–Crippen MR) is 114 cm³/mol. The molecule has 1 aromatic rings. The molecule has 1 aliphatic rings. The Morgan fingerprint density at radius 2 is 1.88 bits per heavy atom. The van der Waals surface area contributed by atoms with Gasteiger partial charge in [0, 0.05) is 33.2 Å². The van der Waals surface area contributed by atoms with E-state index in [2.05, 4.69) is 34.4 Å². The number of halogens is 2. The number of aliphatic imine (C=N–C) groups is 1. The minimum atomic E-state index is -0.319. The Balaban J connectivity index is 0.00000338. The van der Waals surface area contributed by atoms with E-state index in [1.54, 1.807) is 19.2 Å². The number of amides is 1. The Kier molecular flexibility index (Phi) is 9.90. The van der Waals surface area contributed by atoms with Crippen LogP contribution in [0.4, 0.5) is 4.39 Å². The lowest BCUT2D eigenvalue weighted by molar-refractivity contribution is -0.120. The average Bonchev–Trinajstić information content (AvgIpc) is 2.54. The first kappa shape index (κ1) is 22.7. The highest BCUT2D eigenvalue weighted by molar-refractivity contribution is 14.0.